The topological polar surface area (TPSA) is 0 Å². The lowest BCUT2D eigenvalue weighted by atomic mass is 9.87. The molecule has 1 heterocycles. The molecule has 2 heteroatoms. The Bertz CT molecular complexity index is 333. The van der Waals surface area contributed by atoms with Crippen molar-refractivity contribution in [2.45, 2.75) is 25.5 Å². The molecular formula is C12H15BrS. The fraction of sp³-hybridized carbons (Fsp3) is 0.500. The summed E-state index contributed by atoms with van der Waals surface area (Å²) in [6.45, 7) is 4.64. The van der Waals surface area contributed by atoms with Gasteiger partial charge >= 0.3 is 0 Å². The number of fused-ring (bicyclic) bond motifs is 1. The molecule has 1 aromatic carbocycles. The molecule has 1 aromatic rings. The Labute approximate surface area is 98.6 Å². The largest absolute Gasteiger partial charge is 0.157 e. The summed E-state index contributed by atoms with van der Waals surface area (Å²) in [6.07, 6.45) is 0. The maximum atomic E-state index is 3.56. The van der Waals surface area contributed by atoms with Crippen LogP contribution in [-0.2, 0) is 5.75 Å². The molecule has 0 N–H and O–H groups in total. The summed E-state index contributed by atoms with van der Waals surface area (Å²) in [5, 5.41) is 0. The third kappa shape index (κ3) is 2.01. The molecule has 0 amide bonds. The van der Waals surface area contributed by atoms with E-state index in [-0.39, 0.29) is 0 Å². The molecule has 0 bridgehead atoms. The van der Waals surface area contributed by atoms with Gasteiger partial charge in [-0.25, -0.2) is 0 Å². The molecule has 1 atom stereocenters. The minimum Gasteiger partial charge on any atom is -0.157 e. The predicted octanol–water partition coefficient (Wildman–Crippen LogP) is 4.44. The fourth-order valence-electron chi connectivity index (χ4n) is 1.98. The van der Waals surface area contributed by atoms with E-state index in [1.807, 2.05) is 0 Å². The molecule has 0 radical (unpaired) electrons. The summed E-state index contributed by atoms with van der Waals surface area (Å²) in [6, 6.07) is 6.72. The predicted molar refractivity (Wildman–Crippen MR) is 67.9 cm³/mol. The van der Waals surface area contributed by atoms with Gasteiger partial charge in [0.1, 0.15) is 0 Å². The van der Waals surface area contributed by atoms with E-state index in [0.717, 1.165) is 11.8 Å². The number of hydrogen-bond donors (Lipinski definition) is 0. The molecule has 0 saturated carbocycles. The highest BCUT2D eigenvalue weighted by Crippen LogP contribution is 2.38. The lowest BCUT2D eigenvalue weighted by Gasteiger charge is -2.28. The van der Waals surface area contributed by atoms with Gasteiger partial charge in [0.2, 0.25) is 0 Å². The van der Waals surface area contributed by atoms with Crippen LogP contribution in [0.15, 0.2) is 22.7 Å². The number of rotatable bonds is 1. The normalized spacial score (nSPS) is 21.0. The van der Waals surface area contributed by atoms with Crippen LogP contribution in [0.5, 0.6) is 0 Å². The zero-order valence-electron chi connectivity index (χ0n) is 8.59. The molecule has 0 spiro atoms. The summed E-state index contributed by atoms with van der Waals surface area (Å²) in [5.41, 5.74) is 3.09. The minimum atomic E-state index is 0.737. The number of thioether (sulfide) groups is 1. The molecule has 1 unspecified atom stereocenters. The van der Waals surface area contributed by atoms with E-state index in [4.69, 9.17) is 0 Å². The van der Waals surface area contributed by atoms with Gasteiger partial charge in [-0.2, -0.15) is 11.8 Å². The highest BCUT2D eigenvalue weighted by Gasteiger charge is 2.23. The van der Waals surface area contributed by atoms with E-state index in [1.54, 1.807) is 5.56 Å². The standard InChI is InChI=1S/C12H15BrS/c1-8(2)12-7-14-6-9-3-4-10(13)5-11(9)12/h3-5,8,12H,6-7H2,1-2H3. The zero-order chi connectivity index (χ0) is 10.1. The number of halogens is 1. The third-order valence-corrected chi connectivity index (χ3v) is 4.47. The summed E-state index contributed by atoms with van der Waals surface area (Å²) in [7, 11) is 0. The fourth-order valence-corrected chi connectivity index (χ4v) is 3.78. The Morgan fingerprint density at radius 1 is 1.43 bits per heavy atom. The van der Waals surface area contributed by atoms with Gasteiger partial charge in [0, 0.05) is 16.0 Å². The van der Waals surface area contributed by atoms with Crippen LogP contribution in [0.3, 0.4) is 0 Å². The molecule has 1 aliphatic heterocycles. The van der Waals surface area contributed by atoms with Crippen molar-refractivity contribution in [3.05, 3.63) is 33.8 Å². The first kappa shape index (κ1) is 10.6. The Morgan fingerprint density at radius 2 is 2.21 bits per heavy atom. The molecule has 2 rings (SSSR count). The second-order valence-corrected chi connectivity index (χ2v) is 6.15. The molecule has 0 aromatic heterocycles. The average molecular weight is 271 g/mol. The van der Waals surface area contributed by atoms with Crippen molar-refractivity contribution in [3.63, 3.8) is 0 Å². The van der Waals surface area contributed by atoms with Crippen LogP contribution in [0.4, 0.5) is 0 Å². The third-order valence-electron chi connectivity index (χ3n) is 2.87. The quantitative estimate of drug-likeness (QED) is 0.727. The van der Waals surface area contributed by atoms with E-state index >= 15 is 0 Å². The number of hydrogen-bond acceptors (Lipinski definition) is 1. The van der Waals surface area contributed by atoms with Crippen molar-refractivity contribution in [1.29, 1.82) is 0 Å². The van der Waals surface area contributed by atoms with E-state index in [2.05, 4.69) is 59.7 Å². The van der Waals surface area contributed by atoms with Crippen molar-refractivity contribution >= 4 is 27.7 Å². The van der Waals surface area contributed by atoms with Crippen LogP contribution in [0.2, 0.25) is 0 Å². The van der Waals surface area contributed by atoms with Gasteiger partial charge in [-0.3, -0.25) is 0 Å². The summed E-state index contributed by atoms with van der Waals surface area (Å²) in [5.74, 6) is 3.95. The van der Waals surface area contributed by atoms with E-state index < -0.39 is 0 Å². The van der Waals surface area contributed by atoms with Crippen LogP contribution in [0.25, 0.3) is 0 Å². The smallest absolute Gasteiger partial charge is 0.0187 e. The highest BCUT2D eigenvalue weighted by molar-refractivity contribution is 9.10. The first-order valence-electron chi connectivity index (χ1n) is 5.04. The Morgan fingerprint density at radius 3 is 2.93 bits per heavy atom. The maximum Gasteiger partial charge on any atom is 0.0187 e. The van der Waals surface area contributed by atoms with Crippen molar-refractivity contribution < 1.29 is 0 Å². The average Bonchev–Trinajstić information content (AvgIpc) is 2.16. The second-order valence-electron chi connectivity index (χ2n) is 4.21. The van der Waals surface area contributed by atoms with Crippen LogP contribution < -0.4 is 0 Å². The SMILES string of the molecule is CC(C)C1CSCc2ccc(Br)cc21. The molecule has 1 aliphatic rings. The monoisotopic (exact) mass is 270 g/mol. The highest BCUT2D eigenvalue weighted by atomic mass is 79.9. The van der Waals surface area contributed by atoms with Crippen molar-refractivity contribution in [2.24, 2.45) is 5.92 Å². The van der Waals surface area contributed by atoms with E-state index in [9.17, 15) is 0 Å². The van der Waals surface area contributed by atoms with Gasteiger partial charge in [-0.1, -0.05) is 35.8 Å². The van der Waals surface area contributed by atoms with Crippen LogP contribution >= 0.6 is 27.7 Å². The van der Waals surface area contributed by atoms with Gasteiger partial charge in [-0.05, 0) is 35.1 Å². The number of benzene rings is 1. The minimum absolute atomic E-state index is 0.737. The Hall–Kier alpha value is 0.0500. The summed E-state index contributed by atoms with van der Waals surface area (Å²) < 4.78 is 1.22. The van der Waals surface area contributed by atoms with Crippen LogP contribution in [-0.4, -0.2) is 5.75 Å². The Kier molecular flexibility index (Phi) is 3.23. The molecule has 0 saturated heterocycles. The van der Waals surface area contributed by atoms with Crippen molar-refractivity contribution in [2.75, 3.05) is 5.75 Å². The molecule has 0 fully saturated rings. The molecule has 14 heavy (non-hydrogen) atoms. The lowest BCUT2D eigenvalue weighted by Crippen LogP contribution is -2.15. The first-order valence-corrected chi connectivity index (χ1v) is 6.99. The lowest BCUT2D eigenvalue weighted by molar-refractivity contribution is 0.536. The zero-order valence-corrected chi connectivity index (χ0v) is 11.0. The van der Waals surface area contributed by atoms with Gasteiger partial charge in [0.05, 0.1) is 0 Å². The summed E-state index contributed by atoms with van der Waals surface area (Å²) in [4.78, 5) is 0. The molecule has 0 aliphatic carbocycles. The summed E-state index contributed by atoms with van der Waals surface area (Å²) >= 11 is 5.62. The van der Waals surface area contributed by atoms with Crippen LogP contribution in [0.1, 0.15) is 30.9 Å². The maximum absolute atomic E-state index is 3.56. The molecule has 76 valence electrons. The van der Waals surface area contributed by atoms with E-state index in [0.29, 0.717) is 0 Å². The second kappa shape index (κ2) is 4.28. The molecular weight excluding hydrogens is 256 g/mol. The first-order chi connectivity index (χ1) is 6.68. The van der Waals surface area contributed by atoms with Gasteiger partial charge in [0.25, 0.3) is 0 Å². The van der Waals surface area contributed by atoms with Crippen molar-refractivity contribution in [1.82, 2.24) is 0 Å². The van der Waals surface area contributed by atoms with Crippen LogP contribution in [0, 0.1) is 5.92 Å². The Balaban J connectivity index is 2.41. The van der Waals surface area contributed by atoms with E-state index in [1.165, 1.54) is 21.5 Å². The van der Waals surface area contributed by atoms with Gasteiger partial charge in [0.15, 0.2) is 0 Å². The van der Waals surface area contributed by atoms with Gasteiger partial charge < -0.3 is 0 Å². The molecule has 0 nitrogen and oxygen atoms in total. The van der Waals surface area contributed by atoms with Crippen molar-refractivity contribution in [3.8, 4) is 0 Å². The van der Waals surface area contributed by atoms with Gasteiger partial charge in [-0.15, -0.1) is 0 Å².